The molecule has 0 atom stereocenters. The van der Waals surface area contributed by atoms with E-state index in [1.807, 2.05) is 31.7 Å². The number of nitrogens with one attached hydrogen (secondary N) is 2. The Morgan fingerprint density at radius 1 is 0.650 bits per heavy atom. The summed E-state index contributed by atoms with van der Waals surface area (Å²) >= 11 is 0. The van der Waals surface area contributed by atoms with Crippen LogP contribution >= 0.6 is 0 Å². The fourth-order valence-electron chi connectivity index (χ4n) is 6.01. The van der Waals surface area contributed by atoms with E-state index in [1.165, 1.54) is 26.4 Å². The maximum atomic E-state index is 12.5. The predicted octanol–water partition coefficient (Wildman–Crippen LogP) is 3.56. The number of methoxy groups -OCH3 is 2. The summed E-state index contributed by atoms with van der Waals surface area (Å²) in [5.74, 6) is -2.39. The van der Waals surface area contributed by atoms with E-state index in [0.29, 0.717) is 69.2 Å². The smallest absolute Gasteiger partial charge is 0.410 e. The molecule has 0 saturated carbocycles. The van der Waals surface area contributed by atoms with Crippen LogP contribution in [0.3, 0.4) is 0 Å². The van der Waals surface area contributed by atoms with Crippen LogP contribution in [0.15, 0.2) is 36.4 Å². The molecule has 4 amide bonds. The third-order valence-corrected chi connectivity index (χ3v) is 8.97. The molecule has 2 heterocycles. The van der Waals surface area contributed by atoms with Crippen molar-refractivity contribution in [3.05, 3.63) is 57.6 Å². The molecule has 330 valence electrons. The van der Waals surface area contributed by atoms with Crippen molar-refractivity contribution in [2.24, 2.45) is 0 Å². The molecule has 2 aromatic rings. The number of anilines is 3. The summed E-state index contributed by atoms with van der Waals surface area (Å²) in [6, 6.07) is 9.46. The number of nitro benzene ring substituents is 1. The van der Waals surface area contributed by atoms with Crippen LogP contribution < -0.4 is 26.2 Å². The van der Waals surface area contributed by atoms with E-state index in [4.69, 9.17) is 15.2 Å². The van der Waals surface area contributed by atoms with Gasteiger partial charge in [-0.15, -0.1) is 0 Å². The Hall–Kier alpha value is -6.34. The van der Waals surface area contributed by atoms with Crippen molar-refractivity contribution >= 4 is 58.7 Å². The van der Waals surface area contributed by atoms with Crippen LogP contribution in [0.25, 0.3) is 0 Å². The Labute approximate surface area is 349 Å². The summed E-state index contributed by atoms with van der Waals surface area (Å²) in [5.41, 5.74) is 6.35. The minimum absolute atomic E-state index is 0.153. The van der Waals surface area contributed by atoms with Crippen molar-refractivity contribution < 1.29 is 52.6 Å². The van der Waals surface area contributed by atoms with Gasteiger partial charge in [0.1, 0.15) is 29.9 Å². The van der Waals surface area contributed by atoms with Gasteiger partial charge in [0, 0.05) is 75.5 Å². The first-order valence-electron chi connectivity index (χ1n) is 19.5. The lowest BCUT2D eigenvalue weighted by Gasteiger charge is -2.27. The highest BCUT2D eigenvalue weighted by molar-refractivity contribution is 6.01. The number of nitrogens with two attached hydrogens (primary N) is 1. The predicted molar refractivity (Wildman–Crippen MR) is 222 cm³/mol. The molecular formula is C40H58N8O12. The van der Waals surface area contributed by atoms with Crippen molar-refractivity contribution in [2.75, 3.05) is 95.2 Å². The molecule has 0 bridgehead atoms. The maximum Gasteiger partial charge on any atom is 0.410 e. The molecule has 4 N–H and O–H groups in total. The second-order valence-electron chi connectivity index (χ2n) is 15.9. The van der Waals surface area contributed by atoms with Gasteiger partial charge >= 0.3 is 24.1 Å². The first kappa shape index (κ1) is 48.0. The van der Waals surface area contributed by atoms with Crippen LogP contribution in [-0.4, -0.2) is 142 Å². The second kappa shape index (κ2) is 21.6. The molecule has 0 aliphatic carbocycles. The molecule has 0 unspecified atom stereocenters. The summed E-state index contributed by atoms with van der Waals surface area (Å²) in [6.07, 6.45) is 0.730. The van der Waals surface area contributed by atoms with Gasteiger partial charge in [0.15, 0.2) is 0 Å². The van der Waals surface area contributed by atoms with Gasteiger partial charge in [-0.3, -0.25) is 29.3 Å². The SMILES string of the molecule is COC(=O)CNC(=O)c1cc(N2CCCN(C(=O)OC(C)(C)C)CC2)ccc1N.COC(=O)CNC(=O)c1cc(N2CCCN(C(=O)OC(C)(C)C)CC2)ccc1[N+](=O)[O-]. The number of nitrogens with zero attached hydrogens (tertiary/aromatic N) is 5. The number of ether oxygens (including phenoxy) is 4. The fraction of sp³-hybridized carbons (Fsp3) is 0.550. The molecule has 0 aromatic heterocycles. The van der Waals surface area contributed by atoms with Crippen molar-refractivity contribution in [3.8, 4) is 0 Å². The zero-order chi connectivity index (χ0) is 44.8. The highest BCUT2D eigenvalue weighted by Crippen LogP contribution is 2.27. The van der Waals surface area contributed by atoms with E-state index >= 15 is 0 Å². The average Bonchev–Trinajstić information content (AvgIpc) is 3.60. The molecular weight excluding hydrogens is 784 g/mol. The quantitative estimate of drug-likeness (QED) is 0.107. The Morgan fingerprint density at radius 2 is 1.07 bits per heavy atom. The second-order valence-corrected chi connectivity index (χ2v) is 15.9. The minimum Gasteiger partial charge on any atom is -0.468 e. The van der Waals surface area contributed by atoms with Crippen molar-refractivity contribution in [2.45, 2.75) is 65.6 Å². The number of amides is 4. The molecule has 4 rings (SSSR count). The molecule has 2 aliphatic rings. The van der Waals surface area contributed by atoms with Gasteiger partial charge in [-0.1, -0.05) is 0 Å². The monoisotopic (exact) mass is 842 g/mol. The number of rotatable bonds is 9. The lowest BCUT2D eigenvalue weighted by Crippen LogP contribution is -2.39. The third kappa shape index (κ3) is 15.1. The first-order valence-corrected chi connectivity index (χ1v) is 19.5. The molecule has 0 spiro atoms. The molecule has 20 heteroatoms. The van der Waals surface area contributed by atoms with Crippen LogP contribution in [0.4, 0.5) is 32.3 Å². The van der Waals surface area contributed by atoms with E-state index in [-0.39, 0.29) is 30.0 Å². The van der Waals surface area contributed by atoms with Gasteiger partial charge in [-0.25, -0.2) is 9.59 Å². The standard InChI is InChI=1S/C20H28N4O7.C20H30N4O5/c1-20(2,3)31-19(27)23-9-5-8-22(10-11-23)14-6-7-16(24(28)29)15(12-14)18(26)21-13-17(25)30-4;1-20(2,3)29-19(27)24-9-5-8-23(10-11-24)14-6-7-16(21)15(12-14)18(26)22-13-17(25)28-4/h6-7,12H,5,8-11,13H2,1-4H3,(H,21,26);6-7,12H,5,8-11,13,21H2,1-4H3,(H,22,26). The molecule has 2 fully saturated rings. The zero-order valence-corrected chi connectivity index (χ0v) is 35.7. The number of hydrogen-bond donors (Lipinski definition) is 3. The summed E-state index contributed by atoms with van der Waals surface area (Å²) < 4.78 is 19.9. The van der Waals surface area contributed by atoms with Gasteiger partial charge in [-0.2, -0.15) is 0 Å². The lowest BCUT2D eigenvalue weighted by molar-refractivity contribution is -0.385. The molecule has 2 aliphatic heterocycles. The van der Waals surface area contributed by atoms with Crippen LogP contribution in [0.2, 0.25) is 0 Å². The summed E-state index contributed by atoms with van der Waals surface area (Å²) in [5, 5.41) is 16.2. The number of esters is 2. The molecule has 2 aromatic carbocycles. The Balaban J connectivity index is 0.000000321. The maximum absolute atomic E-state index is 12.5. The average molecular weight is 843 g/mol. The lowest BCUT2D eigenvalue weighted by atomic mass is 10.1. The third-order valence-electron chi connectivity index (χ3n) is 8.97. The largest absolute Gasteiger partial charge is 0.468 e. The van der Waals surface area contributed by atoms with Gasteiger partial charge in [0.05, 0.1) is 24.7 Å². The Bertz CT molecular complexity index is 1880. The normalized spacial score (nSPS) is 14.6. The number of nitrogen functional groups attached to an aromatic ring is 1. The number of nitro groups is 1. The number of carbonyl (C=O) groups excluding carboxylic acids is 6. The van der Waals surface area contributed by atoms with Crippen LogP contribution in [0.5, 0.6) is 0 Å². The highest BCUT2D eigenvalue weighted by Gasteiger charge is 2.28. The summed E-state index contributed by atoms with van der Waals surface area (Å²) in [4.78, 5) is 90.1. The minimum atomic E-state index is -0.746. The van der Waals surface area contributed by atoms with E-state index in [2.05, 4.69) is 25.0 Å². The molecule has 60 heavy (non-hydrogen) atoms. The first-order chi connectivity index (χ1) is 28.1. The van der Waals surface area contributed by atoms with Crippen LogP contribution in [0, 0.1) is 10.1 Å². The molecule has 20 nitrogen and oxygen atoms in total. The molecule has 0 radical (unpaired) electrons. The summed E-state index contributed by atoms with van der Waals surface area (Å²) in [6.45, 7) is 14.8. The summed E-state index contributed by atoms with van der Waals surface area (Å²) in [7, 11) is 2.43. The van der Waals surface area contributed by atoms with E-state index in [0.717, 1.165) is 18.7 Å². The van der Waals surface area contributed by atoms with Gasteiger partial charge < -0.3 is 54.9 Å². The zero-order valence-electron chi connectivity index (χ0n) is 35.7. The number of hydrogen-bond acceptors (Lipinski definition) is 15. The van der Waals surface area contributed by atoms with Gasteiger partial charge in [0.25, 0.3) is 17.5 Å². The number of benzene rings is 2. The molecule has 2 saturated heterocycles. The Kier molecular flexibility index (Phi) is 17.3. The van der Waals surface area contributed by atoms with Gasteiger partial charge in [0.2, 0.25) is 0 Å². The number of carbonyl (C=O) groups is 6. The topological polar surface area (TPSA) is 246 Å². The van der Waals surface area contributed by atoms with E-state index in [9.17, 15) is 38.9 Å². The van der Waals surface area contributed by atoms with Crippen molar-refractivity contribution in [3.63, 3.8) is 0 Å². The van der Waals surface area contributed by atoms with Crippen molar-refractivity contribution in [1.29, 1.82) is 0 Å². The van der Waals surface area contributed by atoms with Crippen LogP contribution in [-0.2, 0) is 28.5 Å². The highest BCUT2D eigenvalue weighted by atomic mass is 16.6. The Morgan fingerprint density at radius 3 is 1.48 bits per heavy atom. The van der Waals surface area contributed by atoms with E-state index < -0.39 is 46.4 Å². The van der Waals surface area contributed by atoms with E-state index in [1.54, 1.807) is 48.8 Å². The van der Waals surface area contributed by atoms with Gasteiger partial charge in [-0.05, 0) is 84.7 Å². The fourth-order valence-corrected chi connectivity index (χ4v) is 6.01. The van der Waals surface area contributed by atoms with Crippen LogP contribution in [0.1, 0.15) is 75.1 Å². The van der Waals surface area contributed by atoms with Crippen molar-refractivity contribution in [1.82, 2.24) is 20.4 Å².